The topological polar surface area (TPSA) is 15.3 Å². The molecule has 0 spiro atoms. The largest absolute Gasteiger partial charge is 0.381 e. The lowest BCUT2D eigenvalue weighted by Gasteiger charge is -2.51. The van der Waals surface area contributed by atoms with Gasteiger partial charge in [0.25, 0.3) is 0 Å². The average Bonchev–Trinajstić information content (AvgIpc) is 2.68. The van der Waals surface area contributed by atoms with Crippen molar-refractivity contribution in [3.63, 3.8) is 0 Å². The minimum Gasteiger partial charge on any atom is -0.381 e. The van der Waals surface area contributed by atoms with Gasteiger partial charge in [0.2, 0.25) is 0 Å². The first-order valence-corrected chi connectivity index (χ1v) is 11.4. The molecular formula is C24H42N2. The molecule has 0 amide bonds. The Morgan fingerprint density at radius 1 is 0.885 bits per heavy atom. The normalized spacial score (nSPS) is 15.6. The highest BCUT2D eigenvalue weighted by molar-refractivity contribution is 5.77. The van der Waals surface area contributed by atoms with Crippen molar-refractivity contribution in [3.05, 3.63) is 23.8 Å². The third-order valence-electron chi connectivity index (χ3n) is 6.11. The summed E-state index contributed by atoms with van der Waals surface area (Å²) in [6.07, 6.45) is 14.2. The van der Waals surface area contributed by atoms with Crippen LogP contribution in [0.15, 0.2) is 18.2 Å². The third kappa shape index (κ3) is 4.96. The van der Waals surface area contributed by atoms with Crippen LogP contribution in [0.2, 0.25) is 0 Å². The van der Waals surface area contributed by atoms with Gasteiger partial charge in [-0.1, -0.05) is 78.4 Å². The van der Waals surface area contributed by atoms with E-state index in [1.807, 2.05) is 0 Å². The summed E-state index contributed by atoms with van der Waals surface area (Å²) in [6.45, 7) is 11.6. The highest BCUT2D eigenvalue weighted by Gasteiger charge is 2.39. The molecule has 0 aromatic heterocycles. The van der Waals surface area contributed by atoms with Gasteiger partial charge in [0, 0.05) is 13.1 Å². The number of rotatable bonds is 12. The molecule has 1 heterocycles. The fourth-order valence-electron chi connectivity index (χ4n) is 4.45. The van der Waals surface area contributed by atoms with Crippen LogP contribution in [0.1, 0.15) is 97.5 Å². The van der Waals surface area contributed by atoms with Crippen molar-refractivity contribution in [3.8, 4) is 0 Å². The zero-order chi connectivity index (χ0) is 18.8. The van der Waals surface area contributed by atoms with E-state index < -0.39 is 0 Å². The van der Waals surface area contributed by atoms with Crippen molar-refractivity contribution in [2.45, 2.75) is 104 Å². The first-order chi connectivity index (χ1) is 12.7. The third-order valence-corrected chi connectivity index (χ3v) is 6.11. The van der Waals surface area contributed by atoms with Crippen LogP contribution in [-0.4, -0.2) is 18.6 Å². The van der Waals surface area contributed by atoms with Gasteiger partial charge in [0.1, 0.15) is 0 Å². The second kappa shape index (κ2) is 10.8. The molecule has 2 heteroatoms. The summed E-state index contributed by atoms with van der Waals surface area (Å²) in [5, 5.41) is 3.91. The summed E-state index contributed by atoms with van der Waals surface area (Å²) in [5.41, 5.74) is 4.73. The molecule has 0 atom stereocenters. The lowest BCUT2D eigenvalue weighted by Crippen LogP contribution is -2.57. The molecule has 0 unspecified atom stereocenters. The van der Waals surface area contributed by atoms with Crippen molar-refractivity contribution in [1.82, 2.24) is 0 Å². The molecule has 1 aliphatic rings. The number of fused-ring (bicyclic) bond motifs is 1. The molecule has 0 saturated carbocycles. The van der Waals surface area contributed by atoms with Gasteiger partial charge in [-0.3, -0.25) is 0 Å². The Hall–Kier alpha value is -1.18. The number of nitrogens with one attached hydrogen (secondary N) is 1. The van der Waals surface area contributed by atoms with Gasteiger partial charge < -0.3 is 10.2 Å². The van der Waals surface area contributed by atoms with Crippen molar-refractivity contribution in [2.75, 3.05) is 23.3 Å². The zero-order valence-electron chi connectivity index (χ0n) is 17.9. The number of aryl methyl sites for hydroxylation is 1. The number of benzene rings is 1. The maximum atomic E-state index is 3.91. The Labute approximate surface area is 162 Å². The Bertz CT molecular complexity index is 515. The summed E-state index contributed by atoms with van der Waals surface area (Å²) < 4.78 is 0. The van der Waals surface area contributed by atoms with Gasteiger partial charge in [0.15, 0.2) is 0 Å². The molecule has 0 radical (unpaired) electrons. The van der Waals surface area contributed by atoms with Crippen LogP contribution in [-0.2, 0) is 6.42 Å². The number of anilines is 2. The molecule has 26 heavy (non-hydrogen) atoms. The van der Waals surface area contributed by atoms with Crippen LogP contribution in [0.3, 0.4) is 0 Å². The van der Waals surface area contributed by atoms with E-state index >= 15 is 0 Å². The van der Waals surface area contributed by atoms with Gasteiger partial charge in [0.05, 0.1) is 16.9 Å². The standard InChI is InChI=1S/C24H42N2/c1-5-9-14-21-15-13-16-22-23(21)25-20-24(17-10-6-2,18-11-7-3)26(22)19-12-8-4/h13,15-16,25H,5-12,14,17-20H2,1-4H3. The fraction of sp³-hybridized carbons (Fsp3) is 0.750. The highest BCUT2D eigenvalue weighted by Crippen LogP contribution is 2.43. The van der Waals surface area contributed by atoms with Crippen LogP contribution < -0.4 is 10.2 Å². The molecule has 2 rings (SSSR count). The molecule has 2 nitrogen and oxygen atoms in total. The second-order valence-electron chi connectivity index (χ2n) is 8.21. The van der Waals surface area contributed by atoms with Crippen LogP contribution >= 0.6 is 0 Å². The molecule has 0 saturated heterocycles. The number of unbranched alkanes of at least 4 members (excludes halogenated alkanes) is 4. The van der Waals surface area contributed by atoms with Crippen molar-refractivity contribution in [2.24, 2.45) is 0 Å². The molecule has 0 bridgehead atoms. The molecule has 148 valence electrons. The first-order valence-electron chi connectivity index (χ1n) is 11.4. The Kier molecular flexibility index (Phi) is 8.81. The summed E-state index contributed by atoms with van der Waals surface area (Å²) in [5.74, 6) is 0. The summed E-state index contributed by atoms with van der Waals surface area (Å²) in [7, 11) is 0. The molecule has 1 aliphatic heterocycles. The van der Waals surface area contributed by atoms with E-state index in [2.05, 4.69) is 56.1 Å². The predicted octanol–water partition coefficient (Wildman–Crippen LogP) is 7.18. The Balaban J connectivity index is 2.38. The molecule has 1 N–H and O–H groups in total. The monoisotopic (exact) mass is 358 g/mol. The van der Waals surface area contributed by atoms with E-state index in [-0.39, 0.29) is 0 Å². The van der Waals surface area contributed by atoms with Crippen molar-refractivity contribution in [1.29, 1.82) is 0 Å². The van der Waals surface area contributed by atoms with Gasteiger partial charge >= 0.3 is 0 Å². The van der Waals surface area contributed by atoms with Crippen LogP contribution in [0.4, 0.5) is 11.4 Å². The van der Waals surface area contributed by atoms with Crippen LogP contribution in [0.5, 0.6) is 0 Å². The number of hydrogen-bond acceptors (Lipinski definition) is 2. The summed E-state index contributed by atoms with van der Waals surface area (Å²) >= 11 is 0. The molecule has 0 fully saturated rings. The van der Waals surface area contributed by atoms with Gasteiger partial charge in [-0.2, -0.15) is 0 Å². The van der Waals surface area contributed by atoms with Gasteiger partial charge in [-0.05, 0) is 43.7 Å². The van der Waals surface area contributed by atoms with E-state index in [9.17, 15) is 0 Å². The molecular weight excluding hydrogens is 316 g/mol. The fourth-order valence-corrected chi connectivity index (χ4v) is 4.45. The van der Waals surface area contributed by atoms with Crippen molar-refractivity contribution < 1.29 is 0 Å². The lowest BCUT2D eigenvalue weighted by atomic mass is 9.82. The van der Waals surface area contributed by atoms with Crippen LogP contribution in [0.25, 0.3) is 0 Å². The second-order valence-corrected chi connectivity index (χ2v) is 8.21. The van der Waals surface area contributed by atoms with Crippen molar-refractivity contribution >= 4 is 11.4 Å². The number of para-hydroxylation sites is 1. The van der Waals surface area contributed by atoms with E-state index in [1.165, 1.54) is 94.1 Å². The first kappa shape index (κ1) is 21.1. The SMILES string of the molecule is CCCCc1cccc2c1NCC(CCCC)(CCCC)N2CCCC. The molecule has 1 aromatic carbocycles. The minimum atomic E-state index is 0.303. The predicted molar refractivity (Wildman–Crippen MR) is 118 cm³/mol. The maximum absolute atomic E-state index is 3.91. The number of nitrogens with zero attached hydrogens (tertiary/aromatic N) is 1. The zero-order valence-corrected chi connectivity index (χ0v) is 17.9. The quantitative estimate of drug-likeness (QED) is 0.425. The highest BCUT2D eigenvalue weighted by atomic mass is 15.3. The molecule has 1 aromatic rings. The van der Waals surface area contributed by atoms with E-state index in [0.29, 0.717) is 5.54 Å². The average molecular weight is 359 g/mol. The maximum Gasteiger partial charge on any atom is 0.0611 e. The van der Waals surface area contributed by atoms with Gasteiger partial charge in [-0.15, -0.1) is 0 Å². The van der Waals surface area contributed by atoms with Gasteiger partial charge in [-0.25, -0.2) is 0 Å². The smallest absolute Gasteiger partial charge is 0.0611 e. The van der Waals surface area contributed by atoms with E-state index in [4.69, 9.17) is 0 Å². The summed E-state index contributed by atoms with van der Waals surface area (Å²) in [4.78, 5) is 2.82. The minimum absolute atomic E-state index is 0.303. The molecule has 0 aliphatic carbocycles. The Morgan fingerprint density at radius 3 is 2.15 bits per heavy atom. The summed E-state index contributed by atoms with van der Waals surface area (Å²) in [6, 6.07) is 7.00. The number of hydrogen-bond donors (Lipinski definition) is 1. The van der Waals surface area contributed by atoms with E-state index in [0.717, 1.165) is 6.54 Å². The van der Waals surface area contributed by atoms with Crippen LogP contribution in [0, 0.1) is 0 Å². The lowest BCUT2D eigenvalue weighted by molar-refractivity contribution is 0.323. The Morgan fingerprint density at radius 2 is 1.54 bits per heavy atom. The van der Waals surface area contributed by atoms with E-state index in [1.54, 1.807) is 0 Å².